The van der Waals surface area contributed by atoms with Crippen molar-refractivity contribution in [3.63, 3.8) is 0 Å². The maximum atomic E-state index is 12.6. The molecule has 1 aliphatic rings. The van der Waals surface area contributed by atoms with Gasteiger partial charge in [-0.2, -0.15) is 0 Å². The van der Waals surface area contributed by atoms with Crippen molar-refractivity contribution in [1.29, 1.82) is 0 Å². The second-order valence-corrected chi connectivity index (χ2v) is 8.46. The molecule has 0 heterocycles. The van der Waals surface area contributed by atoms with E-state index < -0.39 is 30.1 Å². The minimum Gasteiger partial charge on any atom is -0.480 e. The summed E-state index contributed by atoms with van der Waals surface area (Å²) >= 11 is 0. The van der Waals surface area contributed by atoms with Crippen LogP contribution in [0.4, 0.5) is 10.5 Å². The first-order valence-electron chi connectivity index (χ1n) is 11.2. The van der Waals surface area contributed by atoms with Crippen molar-refractivity contribution in [2.45, 2.75) is 31.9 Å². The Bertz CT molecular complexity index is 1240. The molecule has 4 N–H and O–H groups in total. The smallest absolute Gasteiger partial charge is 0.411 e. The van der Waals surface area contributed by atoms with Crippen molar-refractivity contribution >= 4 is 23.7 Å². The molecule has 8 heteroatoms. The second-order valence-electron chi connectivity index (χ2n) is 8.46. The van der Waals surface area contributed by atoms with Crippen LogP contribution >= 0.6 is 0 Å². The number of amides is 2. The molecule has 0 spiro atoms. The van der Waals surface area contributed by atoms with E-state index in [0.717, 1.165) is 22.3 Å². The number of ether oxygens (including phenoxy) is 1. The molecule has 4 rings (SSSR count). The molecular formula is C27H26N2O6. The van der Waals surface area contributed by atoms with Gasteiger partial charge in [-0.3, -0.25) is 10.1 Å². The first kappa shape index (κ1) is 24.0. The van der Waals surface area contributed by atoms with E-state index in [1.807, 2.05) is 36.4 Å². The molecule has 0 radical (unpaired) electrons. The van der Waals surface area contributed by atoms with E-state index in [0.29, 0.717) is 11.3 Å². The van der Waals surface area contributed by atoms with Crippen LogP contribution < -0.4 is 10.6 Å². The molecule has 180 valence electrons. The molecule has 1 aliphatic carbocycles. The molecule has 3 aromatic rings. The maximum Gasteiger partial charge on any atom is 0.411 e. The maximum absolute atomic E-state index is 12.6. The number of nitrogens with one attached hydrogen (secondary N) is 2. The number of anilines is 1. The third-order valence-electron chi connectivity index (χ3n) is 6.19. The fourth-order valence-electron chi connectivity index (χ4n) is 4.37. The van der Waals surface area contributed by atoms with E-state index in [1.54, 1.807) is 19.1 Å². The number of hydrogen-bond donors (Lipinski definition) is 4. The Labute approximate surface area is 202 Å². The van der Waals surface area contributed by atoms with Crippen LogP contribution in [0.1, 0.15) is 39.9 Å². The number of hydrogen-bond acceptors (Lipinski definition) is 5. The van der Waals surface area contributed by atoms with Crippen molar-refractivity contribution < 1.29 is 29.3 Å². The zero-order valence-electron chi connectivity index (χ0n) is 19.3. The number of carboxylic acid groups (broad SMARTS) is 1. The van der Waals surface area contributed by atoms with Gasteiger partial charge in [0.1, 0.15) is 6.61 Å². The van der Waals surface area contributed by atoms with Gasteiger partial charge in [-0.25, -0.2) is 9.59 Å². The van der Waals surface area contributed by atoms with Gasteiger partial charge in [-0.05, 0) is 53.8 Å². The van der Waals surface area contributed by atoms with E-state index in [2.05, 4.69) is 22.8 Å². The second kappa shape index (κ2) is 9.99. The number of benzene rings is 3. The van der Waals surface area contributed by atoms with Gasteiger partial charge in [0, 0.05) is 17.2 Å². The Morgan fingerprint density at radius 3 is 2.11 bits per heavy atom. The van der Waals surface area contributed by atoms with Crippen molar-refractivity contribution in [2.24, 2.45) is 0 Å². The van der Waals surface area contributed by atoms with Crippen LogP contribution in [0.25, 0.3) is 11.1 Å². The summed E-state index contributed by atoms with van der Waals surface area (Å²) in [4.78, 5) is 36.6. The minimum atomic E-state index is -1.46. The largest absolute Gasteiger partial charge is 0.480 e. The summed E-state index contributed by atoms with van der Waals surface area (Å²) in [5.41, 5.74) is 5.43. The molecule has 0 fully saturated rings. The number of carbonyl (C=O) groups is 3. The Kier molecular flexibility index (Phi) is 6.84. The van der Waals surface area contributed by atoms with Crippen LogP contribution in [-0.2, 0) is 9.53 Å². The number of carboxylic acids is 1. The van der Waals surface area contributed by atoms with Gasteiger partial charge >= 0.3 is 12.1 Å². The first-order valence-corrected chi connectivity index (χ1v) is 11.2. The van der Waals surface area contributed by atoms with Gasteiger partial charge in [0.05, 0.1) is 6.10 Å². The summed E-state index contributed by atoms with van der Waals surface area (Å²) in [5, 5.41) is 23.8. The number of aliphatic carboxylic acids is 1. The number of carbonyl (C=O) groups excluding carboxylic acids is 2. The topological polar surface area (TPSA) is 125 Å². The molecule has 0 aromatic heterocycles. The standard InChI is InChI=1S/C27H26N2O6/c1-15-17(25(31)29-24(16(2)30)26(32)33)12-7-13-23(15)28-27(34)35-14-22-20-10-5-3-8-18(20)19-9-4-6-11-21(19)22/h3-13,16,22,24,30H,14H2,1-2H3,(H,28,34)(H,29,31)(H,32,33)/t16-,24+/m1/s1. The Balaban J connectivity index is 1.45. The minimum absolute atomic E-state index is 0.0835. The van der Waals surface area contributed by atoms with Crippen LogP contribution in [0, 0.1) is 6.92 Å². The molecule has 0 bridgehead atoms. The van der Waals surface area contributed by atoms with E-state index in [9.17, 15) is 24.6 Å². The Morgan fingerprint density at radius 2 is 1.54 bits per heavy atom. The molecule has 35 heavy (non-hydrogen) atoms. The van der Waals surface area contributed by atoms with Crippen molar-refractivity contribution in [3.8, 4) is 11.1 Å². The fraction of sp³-hybridized carbons (Fsp3) is 0.222. The van der Waals surface area contributed by atoms with Crippen LogP contribution in [0.3, 0.4) is 0 Å². The van der Waals surface area contributed by atoms with Gasteiger partial charge < -0.3 is 20.3 Å². The van der Waals surface area contributed by atoms with Crippen molar-refractivity contribution in [3.05, 3.63) is 89.0 Å². The van der Waals surface area contributed by atoms with Crippen LogP contribution in [0.2, 0.25) is 0 Å². The Morgan fingerprint density at radius 1 is 0.943 bits per heavy atom. The van der Waals surface area contributed by atoms with Gasteiger partial charge in [0.15, 0.2) is 6.04 Å². The quantitative estimate of drug-likeness (QED) is 0.411. The highest BCUT2D eigenvalue weighted by atomic mass is 16.5. The lowest BCUT2D eigenvalue weighted by molar-refractivity contribution is -0.141. The van der Waals surface area contributed by atoms with Crippen LogP contribution in [0.5, 0.6) is 0 Å². The number of rotatable bonds is 7. The molecule has 2 amide bonds. The monoisotopic (exact) mass is 474 g/mol. The van der Waals surface area contributed by atoms with Crippen molar-refractivity contribution in [1.82, 2.24) is 5.32 Å². The molecular weight excluding hydrogens is 448 g/mol. The normalized spacial score (nSPS) is 13.8. The zero-order valence-corrected chi connectivity index (χ0v) is 19.3. The predicted molar refractivity (Wildman–Crippen MR) is 130 cm³/mol. The summed E-state index contributed by atoms with van der Waals surface area (Å²) in [6.45, 7) is 3.06. The molecule has 3 aromatic carbocycles. The molecule has 8 nitrogen and oxygen atoms in total. The molecule has 0 unspecified atom stereocenters. The third-order valence-corrected chi connectivity index (χ3v) is 6.19. The summed E-state index contributed by atoms with van der Waals surface area (Å²) in [6, 6.07) is 19.3. The molecule has 0 saturated heterocycles. The van der Waals surface area contributed by atoms with E-state index in [4.69, 9.17) is 4.74 Å². The number of aliphatic hydroxyl groups excluding tert-OH is 1. The molecule has 0 saturated carbocycles. The highest BCUT2D eigenvalue weighted by Crippen LogP contribution is 2.44. The van der Waals surface area contributed by atoms with E-state index >= 15 is 0 Å². The zero-order chi connectivity index (χ0) is 25.1. The van der Waals surface area contributed by atoms with E-state index in [1.165, 1.54) is 13.0 Å². The number of aliphatic hydroxyl groups is 1. The Hall–Kier alpha value is -4.17. The lowest BCUT2D eigenvalue weighted by atomic mass is 9.98. The highest BCUT2D eigenvalue weighted by molar-refractivity contribution is 6.00. The van der Waals surface area contributed by atoms with Gasteiger partial charge in [0.2, 0.25) is 0 Å². The van der Waals surface area contributed by atoms with Gasteiger partial charge in [-0.1, -0.05) is 54.6 Å². The lowest BCUT2D eigenvalue weighted by Gasteiger charge is -2.19. The van der Waals surface area contributed by atoms with Gasteiger partial charge in [0.25, 0.3) is 5.91 Å². The molecule has 2 atom stereocenters. The van der Waals surface area contributed by atoms with Crippen LogP contribution in [0.15, 0.2) is 66.7 Å². The predicted octanol–water partition coefficient (Wildman–Crippen LogP) is 3.92. The highest BCUT2D eigenvalue weighted by Gasteiger charge is 2.29. The summed E-state index contributed by atoms with van der Waals surface area (Å²) < 4.78 is 5.57. The summed E-state index contributed by atoms with van der Waals surface area (Å²) in [7, 11) is 0. The fourth-order valence-corrected chi connectivity index (χ4v) is 4.37. The van der Waals surface area contributed by atoms with Crippen LogP contribution in [-0.4, -0.2) is 46.9 Å². The SMILES string of the molecule is Cc1c(NC(=O)OCC2c3ccccc3-c3ccccc32)cccc1C(=O)N[C@H](C(=O)O)[C@@H](C)O. The lowest BCUT2D eigenvalue weighted by Crippen LogP contribution is -2.47. The summed E-state index contributed by atoms with van der Waals surface area (Å²) in [6.07, 6.45) is -1.95. The number of fused-ring (bicyclic) bond motifs is 3. The van der Waals surface area contributed by atoms with E-state index in [-0.39, 0.29) is 18.1 Å². The first-order chi connectivity index (χ1) is 16.8. The molecule has 0 aliphatic heterocycles. The van der Waals surface area contributed by atoms with Gasteiger partial charge in [-0.15, -0.1) is 0 Å². The average molecular weight is 475 g/mol. The average Bonchev–Trinajstić information content (AvgIpc) is 3.15. The summed E-state index contributed by atoms with van der Waals surface area (Å²) in [5.74, 6) is -2.11. The van der Waals surface area contributed by atoms with Crippen molar-refractivity contribution in [2.75, 3.05) is 11.9 Å². The third kappa shape index (κ3) is 4.88.